The zero-order chi connectivity index (χ0) is 23.4. The highest BCUT2D eigenvalue weighted by Gasteiger charge is 2.18. The number of hydrogen-bond acceptors (Lipinski definition) is 5. The number of halogens is 1. The van der Waals surface area contributed by atoms with Crippen molar-refractivity contribution < 1.29 is 22.3 Å². The topological polar surface area (TPSA) is 87.7 Å². The van der Waals surface area contributed by atoms with Crippen LogP contribution in [0.2, 0.25) is 0 Å². The first-order valence-corrected chi connectivity index (χ1v) is 11.9. The van der Waals surface area contributed by atoms with Gasteiger partial charge in [-0.2, -0.15) is 0 Å². The summed E-state index contributed by atoms with van der Waals surface area (Å²) in [6.45, 7) is 4.18. The standard InChI is InChI=1S/C24H24FN3O4S/c1-17-5-7-19(8-6-17)27-33(30,31)21-4-2-3-18(15-21)24(29)26-20-9-10-23(22(25)16-20)28-11-13-32-14-12-28/h2-10,15-16,27H,11-14H2,1H3,(H,26,29). The molecule has 4 rings (SSSR count). The van der Waals surface area contributed by atoms with Crippen LogP contribution in [0.5, 0.6) is 0 Å². The SMILES string of the molecule is Cc1ccc(NS(=O)(=O)c2cccc(C(=O)Nc3ccc(N4CCOCC4)c(F)c3)c2)cc1. The van der Waals surface area contributed by atoms with E-state index < -0.39 is 21.7 Å². The number of amides is 1. The number of nitrogens with one attached hydrogen (secondary N) is 2. The summed E-state index contributed by atoms with van der Waals surface area (Å²) in [5.74, 6) is -0.991. The normalized spacial score (nSPS) is 14.1. The fourth-order valence-corrected chi connectivity index (χ4v) is 4.59. The molecular weight excluding hydrogens is 445 g/mol. The van der Waals surface area contributed by atoms with Gasteiger partial charge in [-0.3, -0.25) is 9.52 Å². The number of benzene rings is 3. The van der Waals surface area contributed by atoms with Crippen LogP contribution >= 0.6 is 0 Å². The Hall–Kier alpha value is -3.43. The Balaban J connectivity index is 1.48. The minimum Gasteiger partial charge on any atom is -0.378 e. The van der Waals surface area contributed by atoms with Crippen molar-refractivity contribution in [1.82, 2.24) is 0 Å². The third-order valence-electron chi connectivity index (χ3n) is 5.27. The van der Waals surface area contributed by atoms with E-state index in [1.807, 2.05) is 11.8 Å². The summed E-state index contributed by atoms with van der Waals surface area (Å²) in [5.41, 5.74) is 2.30. The van der Waals surface area contributed by atoms with Gasteiger partial charge in [0.05, 0.1) is 23.8 Å². The van der Waals surface area contributed by atoms with Gasteiger partial charge in [0.2, 0.25) is 0 Å². The van der Waals surface area contributed by atoms with E-state index in [0.717, 1.165) is 5.56 Å². The number of ether oxygens (including phenoxy) is 1. The third kappa shape index (κ3) is 5.50. The van der Waals surface area contributed by atoms with Crippen LogP contribution < -0.4 is 14.9 Å². The van der Waals surface area contributed by atoms with Gasteiger partial charge in [-0.05, 0) is 55.5 Å². The Morgan fingerprint density at radius 2 is 1.67 bits per heavy atom. The maximum atomic E-state index is 14.6. The molecular formula is C24H24FN3O4S. The van der Waals surface area contributed by atoms with Gasteiger partial charge in [0, 0.05) is 30.0 Å². The van der Waals surface area contributed by atoms with Crippen LogP contribution in [0.1, 0.15) is 15.9 Å². The molecule has 1 aliphatic rings. The molecule has 0 radical (unpaired) electrons. The summed E-state index contributed by atoms with van der Waals surface area (Å²) in [7, 11) is -3.89. The number of carbonyl (C=O) groups excluding carboxylic acids is 1. The Morgan fingerprint density at radius 3 is 2.36 bits per heavy atom. The van der Waals surface area contributed by atoms with Gasteiger partial charge in [0.15, 0.2) is 0 Å². The Kier molecular flexibility index (Phi) is 6.62. The first-order chi connectivity index (χ1) is 15.8. The minimum atomic E-state index is -3.89. The van der Waals surface area contributed by atoms with Crippen molar-refractivity contribution in [3.05, 3.63) is 83.7 Å². The van der Waals surface area contributed by atoms with Crippen molar-refractivity contribution in [2.75, 3.05) is 41.2 Å². The van der Waals surface area contributed by atoms with Gasteiger partial charge in [-0.15, -0.1) is 0 Å². The zero-order valence-corrected chi connectivity index (χ0v) is 18.9. The maximum absolute atomic E-state index is 14.6. The summed E-state index contributed by atoms with van der Waals surface area (Å²) in [6.07, 6.45) is 0. The molecule has 7 nitrogen and oxygen atoms in total. The molecule has 33 heavy (non-hydrogen) atoms. The highest BCUT2D eigenvalue weighted by molar-refractivity contribution is 7.92. The molecule has 0 saturated carbocycles. The van der Waals surface area contributed by atoms with E-state index in [1.54, 1.807) is 36.4 Å². The molecule has 1 fully saturated rings. The zero-order valence-electron chi connectivity index (χ0n) is 18.0. The van der Waals surface area contributed by atoms with Gasteiger partial charge in [-0.1, -0.05) is 23.8 Å². The lowest BCUT2D eigenvalue weighted by Gasteiger charge is -2.29. The van der Waals surface area contributed by atoms with Crippen LogP contribution in [0.3, 0.4) is 0 Å². The highest BCUT2D eigenvalue weighted by Crippen LogP contribution is 2.24. The molecule has 0 spiro atoms. The minimum absolute atomic E-state index is 0.0513. The molecule has 0 atom stereocenters. The predicted molar refractivity (Wildman–Crippen MR) is 126 cm³/mol. The smallest absolute Gasteiger partial charge is 0.261 e. The number of hydrogen-bond donors (Lipinski definition) is 2. The molecule has 0 aliphatic carbocycles. The van der Waals surface area contributed by atoms with E-state index in [-0.39, 0.29) is 16.1 Å². The van der Waals surface area contributed by atoms with Crippen LogP contribution in [0.25, 0.3) is 0 Å². The second kappa shape index (κ2) is 9.60. The number of carbonyl (C=O) groups is 1. The number of rotatable bonds is 6. The number of aryl methyl sites for hydroxylation is 1. The van der Waals surface area contributed by atoms with Crippen LogP contribution in [0, 0.1) is 12.7 Å². The molecule has 3 aromatic rings. The average molecular weight is 470 g/mol. The van der Waals surface area contributed by atoms with Crippen molar-refractivity contribution in [3.63, 3.8) is 0 Å². The third-order valence-corrected chi connectivity index (χ3v) is 6.65. The Labute approximate surface area is 192 Å². The van der Waals surface area contributed by atoms with Crippen molar-refractivity contribution in [1.29, 1.82) is 0 Å². The lowest BCUT2D eigenvalue weighted by Crippen LogP contribution is -2.36. The lowest BCUT2D eigenvalue weighted by molar-refractivity contribution is 0.102. The molecule has 1 heterocycles. The number of sulfonamides is 1. The molecule has 2 N–H and O–H groups in total. The second-order valence-corrected chi connectivity index (χ2v) is 9.40. The average Bonchev–Trinajstić information content (AvgIpc) is 2.81. The number of morpholine rings is 1. The van der Waals surface area contributed by atoms with E-state index in [1.165, 1.54) is 30.3 Å². The second-order valence-electron chi connectivity index (χ2n) is 7.72. The largest absolute Gasteiger partial charge is 0.378 e. The van der Waals surface area contributed by atoms with Gasteiger partial charge < -0.3 is 15.0 Å². The van der Waals surface area contributed by atoms with Crippen LogP contribution in [0.15, 0.2) is 71.6 Å². The summed E-state index contributed by atoms with van der Waals surface area (Å²) in [4.78, 5) is 14.5. The summed E-state index contributed by atoms with van der Waals surface area (Å²) in [5, 5.41) is 2.63. The molecule has 0 unspecified atom stereocenters. The number of nitrogens with zero attached hydrogens (tertiary/aromatic N) is 1. The van der Waals surface area contributed by atoms with Gasteiger partial charge in [0.1, 0.15) is 5.82 Å². The quantitative estimate of drug-likeness (QED) is 0.569. The lowest BCUT2D eigenvalue weighted by atomic mass is 10.2. The molecule has 0 bridgehead atoms. The van der Waals surface area contributed by atoms with E-state index in [2.05, 4.69) is 10.0 Å². The monoisotopic (exact) mass is 469 g/mol. The molecule has 1 amide bonds. The van der Waals surface area contributed by atoms with Crippen LogP contribution in [0.4, 0.5) is 21.5 Å². The fraction of sp³-hybridized carbons (Fsp3) is 0.208. The summed E-state index contributed by atoms with van der Waals surface area (Å²) >= 11 is 0. The summed E-state index contributed by atoms with van der Waals surface area (Å²) in [6, 6.07) is 17.1. The fourth-order valence-electron chi connectivity index (χ4n) is 3.49. The van der Waals surface area contributed by atoms with Gasteiger partial charge in [-0.25, -0.2) is 12.8 Å². The Bertz CT molecular complexity index is 1260. The van der Waals surface area contributed by atoms with E-state index in [9.17, 15) is 17.6 Å². The van der Waals surface area contributed by atoms with E-state index in [0.29, 0.717) is 37.7 Å². The van der Waals surface area contributed by atoms with Crippen LogP contribution in [-0.2, 0) is 14.8 Å². The predicted octanol–water partition coefficient (Wildman–Crippen LogP) is 4.02. The maximum Gasteiger partial charge on any atom is 0.261 e. The van der Waals surface area contributed by atoms with Gasteiger partial charge in [0.25, 0.3) is 15.9 Å². The van der Waals surface area contributed by atoms with Crippen molar-refractivity contribution in [2.24, 2.45) is 0 Å². The summed E-state index contributed by atoms with van der Waals surface area (Å²) < 4.78 is 47.9. The first-order valence-electron chi connectivity index (χ1n) is 10.4. The van der Waals surface area contributed by atoms with Crippen molar-refractivity contribution in [3.8, 4) is 0 Å². The number of anilines is 3. The van der Waals surface area contributed by atoms with E-state index >= 15 is 0 Å². The van der Waals surface area contributed by atoms with E-state index in [4.69, 9.17) is 4.74 Å². The van der Waals surface area contributed by atoms with Crippen LogP contribution in [-0.4, -0.2) is 40.6 Å². The molecule has 9 heteroatoms. The first kappa shape index (κ1) is 22.8. The molecule has 1 aliphatic heterocycles. The molecule has 1 saturated heterocycles. The molecule has 3 aromatic carbocycles. The van der Waals surface area contributed by atoms with Crippen molar-refractivity contribution >= 4 is 33.0 Å². The molecule has 172 valence electrons. The van der Waals surface area contributed by atoms with Gasteiger partial charge >= 0.3 is 0 Å². The highest BCUT2D eigenvalue weighted by atomic mass is 32.2. The van der Waals surface area contributed by atoms with Crippen molar-refractivity contribution in [2.45, 2.75) is 11.8 Å². The molecule has 0 aromatic heterocycles. The Morgan fingerprint density at radius 1 is 0.970 bits per heavy atom.